The minimum Gasteiger partial charge on any atom is -0.330 e. The fourth-order valence-electron chi connectivity index (χ4n) is 2.70. The third-order valence-electron chi connectivity index (χ3n) is 3.89. The second-order valence-corrected chi connectivity index (χ2v) is 6.78. The van der Waals surface area contributed by atoms with E-state index in [1.807, 2.05) is 0 Å². The van der Waals surface area contributed by atoms with E-state index in [1.54, 1.807) is 0 Å². The van der Waals surface area contributed by atoms with Crippen LogP contribution in [-0.2, 0) is 0 Å². The summed E-state index contributed by atoms with van der Waals surface area (Å²) in [6.45, 7) is 10.3. The minimum atomic E-state index is 0.454. The van der Waals surface area contributed by atoms with Crippen LogP contribution in [0.4, 0.5) is 0 Å². The molecule has 1 saturated carbocycles. The van der Waals surface area contributed by atoms with Crippen molar-refractivity contribution in [3.8, 4) is 0 Å². The van der Waals surface area contributed by atoms with Gasteiger partial charge in [-0.1, -0.05) is 40.0 Å². The molecule has 2 heteroatoms. The molecule has 2 nitrogen and oxygen atoms in total. The molecular formula is C15H32N2. The fraction of sp³-hybridized carbons (Fsp3) is 1.00. The van der Waals surface area contributed by atoms with Crippen molar-refractivity contribution < 1.29 is 0 Å². The van der Waals surface area contributed by atoms with Crippen molar-refractivity contribution >= 4 is 0 Å². The van der Waals surface area contributed by atoms with Crippen molar-refractivity contribution in [1.82, 2.24) is 4.90 Å². The van der Waals surface area contributed by atoms with Crippen LogP contribution in [0.5, 0.6) is 0 Å². The van der Waals surface area contributed by atoms with E-state index in [0.29, 0.717) is 5.41 Å². The molecule has 1 aliphatic carbocycles. The Kier molecular flexibility index (Phi) is 6.50. The molecule has 1 aliphatic rings. The van der Waals surface area contributed by atoms with Crippen molar-refractivity contribution in [3.63, 3.8) is 0 Å². The van der Waals surface area contributed by atoms with Crippen LogP contribution >= 0.6 is 0 Å². The van der Waals surface area contributed by atoms with Gasteiger partial charge in [-0.15, -0.1) is 0 Å². The Morgan fingerprint density at radius 3 is 2.24 bits per heavy atom. The summed E-state index contributed by atoms with van der Waals surface area (Å²) in [6.07, 6.45) is 9.58. The topological polar surface area (TPSA) is 29.3 Å². The van der Waals surface area contributed by atoms with E-state index in [9.17, 15) is 0 Å². The highest BCUT2D eigenvalue weighted by atomic mass is 15.2. The van der Waals surface area contributed by atoms with E-state index in [4.69, 9.17) is 5.73 Å². The first kappa shape index (κ1) is 15.0. The monoisotopic (exact) mass is 240 g/mol. The van der Waals surface area contributed by atoms with Crippen LogP contribution in [0.25, 0.3) is 0 Å². The molecule has 0 spiro atoms. The zero-order valence-corrected chi connectivity index (χ0v) is 12.2. The number of hydrogen-bond donors (Lipinski definition) is 1. The van der Waals surface area contributed by atoms with E-state index < -0.39 is 0 Å². The van der Waals surface area contributed by atoms with E-state index in [1.165, 1.54) is 51.6 Å². The van der Waals surface area contributed by atoms with Crippen LogP contribution in [0.15, 0.2) is 0 Å². The van der Waals surface area contributed by atoms with Crippen molar-refractivity contribution in [2.45, 2.75) is 71.8 Å². The largest absolute Gasteiger partial charge is 0.330 e. The predicted molar refractivity (Wildman–Crippen MR) is 76.2 cm³/mol. The van der Waals surface area contributed by atoms with Crippen LogP contribution in [-0.4, -0.2) is 30.6 Å². The summed E-state index contributed by atoms with van der Waals surface area (Å²) in [6, 6.07) is 0.845. The molecule has 1 rings (SSSR count). The minimum absolute atomic E-state index is 0.454. The molecule has 0 saturated heterocycles. The molecule has 0 amide bonds. The smallest absolute Gasteiger partial charge is 0.00952 e. The first-order valence-corrected chi connectivity index (χ1v) is 7.47. The Bertz CT molecular complexity index is 190. The molecular weight excluding hydrogens is 208 g/mol. The van der Waals surface area contributed by atoms with Gasteiger partial charge >= 0.3 is 0 Å². The average molecular weight is 240 g/mol. The van der Waals surface area contributed by atoms with Crippen molar-refractivity contribution in [3.05, 3.63) is 0 Å². The summed E-state index contributed by atoms with van der Waals surface area (Å²) < 4.78 is 0. The fourth-order valence-corrected chi connectivity index (χ4v) is 2.70. The molecule has 1 fully saturated rings. The van der Waals surface area contributed by atoms with E-state index in [2.05, 4.69) is 25.7 Å². The quantitative estimate of drug-likeness (QED) is 0.771. The van der Waals surface area contributed by atoms with Crippen molar-refractivity contribution in [2.24, 2.45) is 11.1 Å². The van der Waals surface area contributed by atoms with Crippen LogP contribution in [0.1, 0.15) is 65.7 Å². The van der Waals surface area contributed by atoms with Crippen LogP contribution in [0.2, 0.25) is 0 Å². The van der Waals surface area contributed by atoms with Gasteiger partial charge < -0.3 is 10.6 Å². The molecule has 0 bridgehead atoms. The molecule has 102 valence electrons. The second-order valence-electron chi connectivity index (χ2n) is 6.78. The molecule has 0 aromatic heterocycles. The van der Waals surface area contributed by atoms with Gasteiger partial charge in [-0.05, 0) is 50.7 Å². The van der Waals surface area contributed by atoms with Gasteiger partial charge in [-0.3, -0.25) is 0 Å². The maximum atomic E-state index is 5.66. The maximum Gasteiger partial charge on any atom is 0.00952 e. The molecule has 0 aromatic rings. The second kappa shape index (κ2) is 7.38. The third-order valence-corrected chi connectivity index (χ3v) is 3.89. The van der Waals surface area contributed by atoms with Gasteiger partial charge in [0.05, 0.1) is 0 Å². The van der Waals surface area contributed by atoms with E-state index in [-0.39, 0.29) is 0 Å². The van der Waals surface area contributed by atoms with Gasteiger partial charge in [0.1, 0.15) is 0 Å². The zero-order valence-electron chi connectivity index (χ0n) is 12.2. The Morgan fingerprint density at radius 1 is 1.06 bits per heavy atom. The molecule has 0 radical (unpaired) electrons. The lowest BCUT2D eigenvalue weighted by Crippen LogP contribution is -2.39. The number of nitrogens with two attached hydrogens (primary N) is 1. The van der Waals surface area contributed by atoms with Gasteiger partial charge in [0.2, 0.25) is 0 Å². The summed E-state index contributed by atoms with van der Waals surface area (Å²) in [5, 5.41) is 0. The average Bonchev–Trinajstić information content (AvgIpc) is 2.29. The zero-order chi connectivity index (χ0) is 12.7. The van der Waals surface area contributed by atoms with Gasteiger partial charge in [-0.2, -0.15) is 0 Å². The molecule has 0 aliphatic heterocycles. The van der Waals surface area contributed by atoms with Crippen LogP contribution in [0.3, 0.4) is 0 Å². The van der Waals surface area contributed by atoms with Gasteiger partial charge in [0, 0.05) is 6.04 Å². The summed E-state index contributed by atoms with van der Waals surface area (Å²) in [5.74, 6) is 0. The first-order valence-electron chi connectivity index (χ1n) is 7.47. The van der Waals surface area contributed by atoms with Crippen molar-refractivity contribution in [2.75, 3.05) is 19.6 Å². The molecule has 0 atom stereocenters. The molecule has 2 N–H and O–H groups in total. The Morgan fingerprint density at radius 2 is 1.71 bits per heavy atom. The normalized spacial score (nSPS) is 18.9. The lowest BCUT2D eigenvalue weighted by atomic mass is 9.90. The number of nitrogens with zero attached hydrogens (tertiary/aromatic N) is 1. The number of rotatable bonds is 6. The van der Waals surface area contributed by atoms with Gasteiger partial charge in [0.15, 0.2) is 0 Å². The molecule has 0 heterocycles. The highest BCUT2D eigenvalue weighted by Gasteiger charge is 2.22. The predicted octanol–water partition coefficient (Wildman–Crippen LogP) is 3.41. The molecule has 17 heavy (non-hydrogen) atoms. The Hall–Kier alpha value is -0.0800. The lowest BCUT2D eigenvalue weighted by Gasteiger charge is -2.36. The SMILES string of the molecule is CC(C)(C)CCN(CCCN)C1CCCCC1. The maximum absolute atomic E-state index is 5.66. The summed E-state index contributed by atoms with van der Waals surface area (Å²) in [5.41, 5.74) is 6.12. The Labute approximate surface area is 108 Å². The first-order chi connectivity index (χ1) is 8.03. The lowest BCUT2D eigenvalue weighted by molar-refractivity contribution is 0.136. The third kappa shape index (κ3) is 6.42. The highest BCUT2D eigenvalue weighted by Crippen LogP contribution is 2.25. The standard InChI is InChI=1S/C15H32N2/c1-15(2,3)10-13-17(12-7-11-16)14-8-5-4-6-9-14/h14H,4-13,16H2,1-3H3. The van der Waals surface area contributed by atoms with Crippen LogP contribution in [0, 0.1) is 5.41 Å². The number of hydrogen-bond acceptors (Lipinski definition) is 2. The Balaban J connectivity index is 2.40. The van der Waals surface area contributed by atoms with Crippen LogP contribution < -0.4 is 5.73 Å². The molecule has 0 unspecified atom stereocenters. The summed E-state index contributed by atoms with van der Waals surface area (Å²) in [4.78, 5) is 2.72. The van der Waals surface area contributed by atoms with Crippen molar-refractivity contribution in [1.29, 1.82) is 0 Å². The summed E-state index contributed by atoms with van der Waals surface area (Å²) in [7, 11) is 0. The van der Waals surface area contributed by atoms with Gasteiger partial charge in [-0.25, -0.2) is 0 Å². The summed E-state index contributed by atoms with van der Waals surface area (Å²) >= 11 is 0. The van der Waals surface area contributed by atoms with E-state index >= 15 is 0 Å². The highest BCUT2D eigenvalue weighted by molar-refractivity contribution is 4.77. The molecule has 0 aromatic carbocycles. The van der Waals surface area contributed by atoms with E-state index in [0.717, 1.165) is 19.0 Å². The van der Waals surface area contributed by atoms with Gasteiger partial charge in [0.25, 0.3) is 0 Å².